The Labute approximate surface area is 182 Å². The van der Waals surface area contributed by atoms with Crippen molar-refractivity contribution >= 4 is 29.2 Å². The van der Waals surface area contributed by atoms with Gasteiger partial charge in [-0.2, -0.15) is 0 Å². The highest BCUT2D eigenvalue weighted by atomic mass is 16.6. The van der Waals surface area contributed by atoms with Crippen LogP contribution in [-0.2, 0) is 24.5 Å². The van der Waals surface area contributed by atoms with Crippen molar-refractivity contribution in [3.63, 3.8) is 0 Å². The maximum absolute atomic E-state index is 12.8. The van der Waals surface area contributed by atoms with Gasteiger partial charge in [0.2, 0.25) is 5.91 Å². The lowest BCUT2D eigenvalue weighted by atomic mass is 9.87. The minimum Gasteiger partial charge on any atom is -0.482 e. The van der Waals surface area contributed by atoms with E-state index in [4.69, 9.17) is 9.47 Å². The van der Waals surface area contributed by atoms with Gasteiger partial charge in [-0.1, -0.05) is 45.0 Å². The van der Waals surface area contributed by atoms with Gasteiger partial charge in [-0.3, -0.25) is 9.59 Å². The average molecular weight is 424 g/mol. The van der Waals surface area contributed by atoms with Crippen molar-refractivity contribution in [2.24, 2.45) is 0 Å². The number of rotatable bonds is 5. The van der Waals surface area contributed by atoms with E-state index in [1.807, 2.05) is 12.1 Å². The minimum absolute atomic E-state index is 0.0288. The molecule has 0 saturated carbocycles. The Kier molecular flexibility index (Phi) is 6.63. The molecule has 31 heavy (non-hydrogen) atoms. The van der Waals surface area contributed by atoms with Crippen LogP contribution >= 0.6 is 0 Å². The largest absolute Gasteiger partial charge is 0.482 e. The van der Waals surface area contributed by atoms with Crippen LogP contribution in [0, 0.1) is 0 Å². The number of hydrogen-bond acceptors (Lipinski definition) is 5. The van der Waals surface area contributed by atoms with Crippen LogP contribution in [0.2, 0.25) is 0 Å². The Morgan fingerprint density at radius 1 is 1.06 bits per heavy atom. The van der Waals surface area contributed by atoms with E-state index in [0.717, 1.165) is 5.56 Å². The van der Waals surface area contributed by atoms with Crippen LogP contribution in [0.1, 0.15) is 39.7 Å². The first-order chi connectivity index (χ1) is 14.6. The SMILES string of the molecule is CC1CC(=O)Nc2ccccc2N1C(=O)COC(=O)COc1ccc(C(C)(C)C)cc1. The summed E-state index contributed by atoms with van der Waals surface area (Å²) in [5, 5.41) is 2.79. The van der Waals surface area contributed by atoms with Gasteiger partial charge in [0, 0.05) is 12.5 Å². The molecule has 7 nitrogen and oxygen atoms in total. The van der Waals surface area contributed by atoms with E-state index >= 15 is 0 Å². The summed E-state index contributed by atoms with van der Waals surface area (Å²) in [4.78, 5) is 38.4. The molecule has 2 amide bonds. The molecule has 1 aliphatic rings. The maximum atomic E-state index is 12.8. The molecule has 0 spiro atoms. The first kappa shape index (κ1) is 22.3. The van der Waals surface area contributed by atoms with Crippen molar-refractivity contribution in [2.75, 3.05) is 23.4 Å². The summed E-state index contributed by atoms with van der Waals surface area (Å²) in [6, 6.07) is 14.2. The molecule has 0 bridgehead atoms. The molecule has 1 heterocycles. The molecule has 1 atom stereocenters. The van der Waals surface area contributed by atoms with Crippen molar-refractivity contribution in [1.82, 2.24) is 0 Å². The lowest BCUT2D eigenvalue weighted by molar-refractivity contribution is -0.149. The first-order valence-corrected chi connectivity index (χ1v) is 10.2. The third-order valence-corrected chi connectivity index (χ3v) is 5.06. The van der Waals surface area contributed by atoms with E-state index in [1.165, 1.54) is 4.90 Å². The van der Waals surface area contributed by atoms with Crippen LogP contribution in [0.25, 0.3) is 0 Å². The van der Waals surface area contributed by atoms with E-state index in [9.17, 15) is 14.4 Å². The lowest BCUT2D eigenvalue weighted by Crippen LogP contribution is -2.41. The number of hydrogen-bond donors (Lipinski definition) is 1. The average Bonchev–Trinajstić information content (AvgIpc) is 2.84. The normalized spacial score (nSPS) is 16.1. The minimum atomic E-state index is -0.641. The smallest absolute Gasteiger partial charge is 0.344 e. The molecule has 2 aromatic carbocycles. The van der Waals surface area contributed by atoms with Gasteiger partial charge in [-0.25, -0.2) is 4.79 Å². The predicted octanol–water partition coefficient (Wildman–Crippen LogP) is 3.67. The molecule has 1 N–H and O–H groups in total. The Morgan fingerprint density at radius 2 is 1.74 bits per heavy atom. The molecule has 7 heteroatoms. The molecule has 2 aromatic rings. The molecule has 164 valence electrons. The predicted molar refractivity (Wildman–Crippen MR) is 118 cm³/mol. The van der Waals surface area contributed by atoms with Crippen LogP contribution in [0.5, 0.6) is 5.75 Å². The Bertz CT molecular complexity index is 963. The monoisotopic (exact) mass is 424 g/mol. The van der Waals surface area contributed by atoms with Gasteiger partial charge in [-0.05, 0) is 42.2 Å². The summed E-state index contributed by atoms with van der Waals surface area (Å²) in [5.74, 6) is -0.661. The van der Waals surface area contributed by atoms with Crippen molar-refractivity contribution in [3.8, 4) is 5.75 Å². The fourth-order valence-corrected chi connectivity index (χ4v) is 3.41. The summed E-state index contributed by atoms with van der Waals surface area (Å²) in [7, 11) is 0. The standard InChI is InChI=1S/C24H28N2O5/c1-16-13-21(27)25-19-7-5-6-8-20(19)26(16)22(28)14-31-23(29)15-30-18-11-9-17(10-12-18)24(2,3)4/h5-12,16H,13-15H2,1-4H3,(H,25,27). The van der Waals surface area contributed by atoms with Crippen LogP contribution in [0.4, 0.5) is 11.4 Å². The Balaban J connectivity index is 1.56. The number of benzene rings is 2. The number of amides is 2. The quantitative estimate of drug-likeness (QED) is 0.741. The number of esters is 1. The molecule has 0 aromatic heterocycles. The van der Waals surface area contributed by atoms with E-state index in [-0.39, 0.29) is 30.4 Å². The maximum Gasteiger partial charge on any atom is 0.344 e. The molecule has 3 rings (SSSR count). The summed E-state index contributed by atoms with van der Waals surface area (Å²) in [6.07, 6.45) is 0.155. The second-order valence-corrected chi connectivity index (χ2v) is 8.61. The number of nitrogens with one attached hydrogen (secondary N) is 1. The Hall–Kier alpha value is -3.35. The van der Waals surface area contributed by atoms with Crippen molar-refractivity contribution in [2.45, 2.75) is 45.6 Å². The third kappa shape index (κ3) is 5.63. The number of fused-ring (bicyclic) bond motifs is 1. The zero-order valence-electron chi connectivity index (χ0n) is 18.3. The number of carbonyl (C=O) groups excluding carboxylic acids is 3. The summed E-state index contributed by atoms with van der Waals surface area (Å²) in [6.45, 7) is 7.41. The van der Waals surface area contributed by atoms with Crippen LogP contribution < -0.4 is 15.0 Å². The zero-order chi connectivity index (χ0) is 22.6. The zero-order valence-corrected chi connectivity index (χ0v) is 18.3. The fourth-order valence-electron chi connectivity index (χ4n) is 3.41. The highest BCUT2D eigenvalue weighted by molar-refractivity contribution is 6.05. The number of ether oxygens (including phenoxy) is 2. The van der Waals surface area contributed by atoms with Crippen molar-refractivity contribution in [3.05, 3.63) is 54.1 Å². The van der Waals surface area contributed by atoms with Gasteiger partial charge >= 0.3 is 5.97 Å². The van der Waals surface area contributed by atoms with Gasteiger partial charge < -0.3 is 19.7 Å². The van der Waals surface area contributed by atoms with Gasteiger partial charge in [0.05, 0.1) is 11.4 Å². The number of anilines is 2. The van der Waals surface area contributed by atoms with Gasteiger partial charge in [-0.15, -0.1) is 0 Å². The highest BCUT2D eigenvalue weighted by Crippen LogP contribution is 2.31. The van der Waals surface area contributed by atoms with Gasteiger partial charge in [0.25, 0.3) is 5.91 Å². The Morgan fingerprint density at radius 3 is 2.42 bits per heavy atom. The number of para-hydroxylation sites is 2. The van der Waals surface area contributed by atoms with Gasteiger partial charge in [0.15, 0.2) is 13.2 Å². The summed E-state index contributed by atoms with van der Waals surface area (Å²) in [5.41, 5.74) is 2.32. The topological polar surface area (TPSA) is 84.9 Å². The number of nitrogens with zero attached hydrogens (tertiary/aromatic N) is 1. The second-order valence-electron chi connectivity index (χ2n) is 8.61. The first-order valence-electron chi connectivity index (χ1n) is 10.2. The van der Waals surface area contributed by atoms with E-state index in [1.54, 1.807) is 43.3 Å². The molecule has 1 aliphatic heterocycles. The molecule has 1 unspecified atom stereocenters. The molecule has 0 fully saturated rings. The van der Waals surface area contributed by atoms with E-state index in [0.29, 0.717) is 17.1 Å². The van der Waals surface area contributed by atoms with Crippen LogP contribution in [0.15, 0.2) is 48.5 Å². The summed E-state index contributed by atoms with van der Waals surface area (Å²) >= 11 is 0. The van der Waals surface area contributed by atoms with Crippen molar-refractivity contribution in [1.29, 1.82) is 0 Å². The number of carbonyl (C=O) groups is 3. The van der Waals surface area contributed by atoms with Crippen molar-refractivity contribution < 1.29 is 23.9 Å². The molecular formula is C24H28N2O5. The second kappa shape index (κ2) is 9.20. The molecular weight excluding hydrogens is 396 g/mol. The highest BCUT2D eigenvalue weighted by Gasteiger charge is 2.30. The summed E-state index contributed by atoms with van der Waals surface area (Å²) < 4.78 is 10.6. The molecule has 0 saturated heterocycles. The van der Waals surface area contributed by atoms with Crippen LogP contribution in [0.3, 0.4) is 0 Å². The molecule has 0 radical (unpaired) electrons. The van der Waals surface area contributed by atoms with E-state index in [2.05, 4.69) is 26.1 Å². The van der Waals surface area contributed by atoms with E-state index < -0.39 is 18.5 Å². The third-order valence-electron chi connectivity index (χ3n) is 5.06. The molecule has 0 aliphatic carbocycles. The van der Waals surface area contributed by atoms with Gasteiger partial charge in [0.1, 0.15) is 5.75 Å². The van der Waals surface area contributed by atoms with Crippen LogP contribution in [-0.4, -0.2) is 37.0 Å². The fraction of sp³-hybridized carbons (Fsp3) is 0.375. The lowest BCUT2D eigenvalue weighted by Gasteiger charge is -2.27.